The van der Waals surface area contributed by atoms with E-state index in [9.17, 15) is 14.4 Å². The van der Waals surface area contributed by atoms with Crippen molar-refractivity contribution in [2.45, 2.75) is 207 Å². The van der Waals surface area contributed by atoms with Crippen molar-refractivity contribution in [3.05, 3.63) is 72.9 Å². The van der Waals surface area contributed by atoms with E-state index >= 15 is 0 Å². The maximum absolute atomic E-state index is 12.6. The predicted molar refractivity (Wildman–Crippen MR) is 233 cm³/mol. The molecule has 0 aromatic carbocycles. The summed E-state index contributed by atoms with van der Waals surface area (Å²) >= 11 is 0. The largest absolute Gasteiger partial charge is 0.462 e. The van der Waals surface area contributed by atoms with Crippen LogP contribution in [0.25, 0.3) is 0 Å². The molecule has 0 aliphatic rings. The molecule has 0 heterocycles. The second-order valence-corrected chi connectivity index (χ2v) is 14.6. The topological polar surface area (TPSA) is 78.9 Å². The van der Waals surface area contributed by atoms with Gasteiger partial charge < -0.3 is 14.2 Å². The zero-order valence-corrected chi connectivity index (χ0v) is 35.7. The molecular weight excluding hydrogens is 685 g/mol. The van der Waals surface area contributed by atoms with Crippen molar-refractivity contribution in [3.8, 4) is 0 Å². The van der Waals surface area contributed by atoms with Gasteiger partial charge in [-0.1, -0.05) is 158 Å². The molecule has 0 aliphatic heterocycles. The molecule has 1 unspecified atom stereocenters. The fourth-order valence-corrected chi connectivity index (χ4v) is 5.86. The maximum Gasteiger partial charge on any atom is 0.306 e. The molecule has 0 spiro atoms. The van der Waals surface area contributed by atoms with Gasteiger partial charge >= 0.3 is 17.9 Å². The first kappa shape index (κ1) is 51.9. The Bertz CT molecular complexity index is 1070. The summed E-state index contributed by atoms with van der Waals surface area (Å²) in [6.45, 7) is 6.27. The molecule has 0 fully saturated rings. The van der Waals surface area contributed by atoms with Gasteiger partial charge in [-0.05, 0) is 96.3 Å². The summed E-state index contributed by atoms with van der Waals surface area (Å²) in [5.41, 5.74) is 0. The van der Waals surface area contributed by atoms with Crippen molar-refractivity contribution < 1.29 is 28.6 Å². The Kier molecular flexibility index (Phi) is 41.1. The Morgan fingerprint density at radius 1 is 0.400 bits per heavy atom. The van der Waals surface area contributed by atoms with Crippen LogP contribution in [-0.2, 0) is 28.6 Å². The first-order valence-corrected chi connectivity index (χ1v) is 22.5. The van der Waals surface area contributed by atoms with E-state index in [0.29, 0.717) is 19.3 Å². The summed E-state index contributed by atoms with van der Waals surface area (Å²) in [6, 6.07) is 0. The lowest BCUT2D eigenvalue weighted by Gasteiger charge is -2.18. The van der Waals surface area contributed by atoms with Gasteiger partial charge in [-0.25, -0.2) is 0 Å². The highest BCUT2D eigenvalue weighted by atomic mass is 16.6. The van der Waals surface area contributed by atoms with Gasteiger partial charge in [-0.3, -0.25) is 14.4 Å². The monoisotopic (exact) mass is 767 g/mol. The minimum atomic E-state index is -0.802. The first-order valence-electron chi connectivity index (χ1n) is 22.5. The molecule has 0 aliphatic carbocycles. The zero-order chi connectivity index (χ0) is 40.1. The average molecular weight is 767 g/mol. The van der Waals surface area contributed by atoms with Crippen molar-refractivity contribution in [3.63, 3.8) is 0 Å². The van der Waals surface area contributed by atoms with Gasteiger partial charge in [0.2, 0.25) is 0 Å². The van der Waals surface area contributed by atoms with Gasteiger partial charge in [0, 0.05) is 19.3 Å². The highest BCUT2D eigenvalue weighted by Gasteiger charge is 2.19. The Morgan fingerprint density at radius 2 is 0.764 bits per heavy atom. The normalized spacial score (nSPS) is 12.7. The molecule has 0 bridgehead atoms. The maximum atomic E-state index is 12.6. The molecule has 0 N–H and O–H groups in total. The molecule has 1 atom stereocenters. The van der Waals surface area contributed by atoms with E-state index in [1.165, 1.54) is 77.0 Å². The van der Waals surface area contributed by atoms with Crippen molar-refractivity contribution >= 4 is 17.9 Å². The lowest BCUT2D eigenvalue weighted by Crippen LogP contribution is -2.30. The van der Waals surface area contributed by atoms with Crippen molar-refractivity contribution in [1.29, 1.82) is 0 Å². The van der Waals surface area contributed by atoms with Crippen molar-refractivity contribution in [2.75, 3.05) is 13.2 Å². The van der Waals surface area contributed by atoms with Crippen LogP contribution in [0.2, 0.25) is 0 Å². The third-order valence-corrected chi connectivity index (χ3v) is 9.20. The zero-order valence-electron chi connectivity index (χ0n) is 35.7. The summed E-state index contributed by atoms with van der Waals surface area (Å²) < 4.78 is 16.6. The third kappa shape index (κ3) is 41.8. The second-order valence-electron chi connectivity index (χ2n) is 14.6. The van der Waals surface area contributed by atoms with Crippen LogP contribution in [0.4, 0.5) is 0 Å². The minimum Gasteiger partial charge on any atom is -0.462 e. The fraction of sp³-hybridized carbons (Fsp3) is 0.694. The molecule has 0 saturated heterocycles. The van der Waals surface area contributed by atoms with E-state index in [0.717, 1.165) is 77.0 Å². The van der Waals surface area contributed by atoms with Crippen LogP contribution < -0.4 is 0 Å². The van der Waals surface area contributed by atoms with Gasteiger partial charge in [-0.2, -0.15) is 0 Å². The quantitative estimate of drug-likeness (QED) is 0.0204. The Hall–Kier alpha value is -3.15. The molecule has 0 rings (SSSR count). The standard InChI is InChI=1S/C49H82O6/c1-4-7-10-13-16-19-20-21-22-23-24-25-26-27-28-31-33-36-39-42-48(51)54-45-46(55-49(52)43-40-37-34-30-18-15-12-9-6-3)44-53-47(50)41-38-35-32-29-17-14-11-8-5-2/h8-9,11-12,16-21,29-30,46H,4-7,10,13-15,22-28,31-45H2,1-3H3/b11-8-,12-9-,19-16-,21-20-,29-17-,30-18-. The summed E-state index contributed by atoms with van der Waals surface area (Å²) in [6.07, 6.45) is 53.4. The number of carbonyl (C=O) groups excluding carboxylic acids is 3. The number of carbonyl (C=O) groups is 3. The summed E-state index contributed by atoms with van der Waals surface area (Å²) in [7, 11) is 0. The van der Waals surface area contributed by atoms with Crippen LogP contribution >= 0.6 is 0 Å². The minimum absolute atomic E-state index is 0.102. The van der Waals surface area contributed by atoms with Crippen LogP contribution in [-0.4, -0.2) is 37.2 Å². The number of unbranched alkanes of at least 4 members (excludes halogenated alkanes) is 17. The van der Waals surface area contributed by atoms with Crippen LogP contribution in [0.5, 0.6) is 0 Å². The number of rotatable bonds is 39. The van der Waals surface area contributed by atoms with Crippen molar-refractivity contribution in [1.82, 2.24) is 0 Å². The van der Waals surface area contributed by atoms with Crippen LogP contribution in [0.3, 0.4) is 0 Å². The summed E-state index contributed by atoms with van der Waals surface area (Å²) in [5, 5.41) is 0. The van der Waals surface area contributed by atoms with E-state index in [4.69, 9.17) is 14.2 Å². The number of allylic oxidation sites excluding steroid dienone is 12. The lowest BCUT2D eigenvalue weighted by molar-refractivity contribution is -0.167. The SMILES string of the molecule is CC/C=C\C/C=C\CCCCC(=O)OCC(COC(=O)CCCCCCCCCCCC/C=C\C=C/CCCCC)OC(=O)CCCC/C=C\C/C=C\CC. The molecule has 55 heavy (non-hydrogen) atoms. The van der Waals surface area contributed by atoms with Crippen molar-refractivity contribution in [2.24, 2.45) is 0 Å². The van der Waals surface area contributed by atoms with E-state index in [-0.39, 0.29) is 37.5 Å². The Labute approximate surface area is 338 Å². The van der Waals surface area contributed by atoms with Gasteiger partial charge in [0.05, 0.1) is 0 Å². The predicted octanol–water partition coefficient (Wildman–Crippen LogP) is 14.3. The molecule has 6 heteroatoms. The lowest BCUT2D eigenvalue weighted by atomic mass is 10.1. The Morgan fingerprint density at radius 3 is 1.24 bits per heavy atom. The van der Waals surface area contributed by atoms with Crippen LogP contribution in [0, 0.1) is 0 Å². The summed E-state index contributed by atoms with van der Waals surface area (Å²) in [5.74, 6) is -0.989. The Balaban J connectivity index is 4.30. The van der Waals surface area contributed by atoms with E-state index in [1.54, 1.807) is 0 Å². The molecule has 0 amide bonds. The van der Waals surface area contributed by atoms with Gasteiger partial charge in [0.1, 0.15) is 13.2 Å². The number of ether oxygens (including phenoxy) is 3. The molecule has 0 saturated carbocycles. The summed E-state index contributed by atoms with van der Waals surface area (Å²) in [4.78, 5) is 37.6. The molecule has 0 radical (unpaired) electrons. The fourth-order valence-electron chi connectivity index (χ4n) is 5.86. The van der Waals surface area contributed by atoms with E-state index < -0.39 is 6.10 Å². The number of hydrogen-bond donors (Lipinski definition) is 0. The van der Waals surface area contributed by atoms with Crippen LogP contribution in [0.15, 0.2) is 72.9 Å². The first-order chi connectivity index (χ1) is 27.0. The third-order valence-electron chi connectivity index (χ3n) is 9.20. The number of hydrogen-bond acceptors (Lipinski definition) is 6. The molecule has 314 valence electrons. The highest BCUT2D eigenvalue weighted by molar-refractivity contribution is 5.71. The second kappa shape index (κ2) is 43.6. The number of esters is 3. The van der Waals surface area contributed by atoms with Gasteiger partial charge in [-0.15, -0.1) is 0 Å². The van der Waals surface area contributed by atoms with E-state index in [2.05, 4.69) is 93.7 Å². The molecule has 6 nitrogen and oxygen atoms in total. The van der Waals surface area contributed by atoms with Crippen LogP contribution in [0.1, 0.15) is 201 Å². The molecule has 0 aromatic heterocycles. The van der Waals surface area contributed by atoms with E-state index in [1.807, 2.05) is 0 Å². The van der Waals surface area contributed by atoms with Gasteiger partial charge in [0.15, 0.2) is 6.10 Å². The highest BCUT2D eigenvalue weighted by Crippen LogP contribution is 2.13. The molecule has 0 aromatic rings. The smallest absolute Gasteiger partial charge is 0.306 e. The molecular formula is C49H82O6. The van der Waals surface area contributed by atoms with Gasteiger partial charge in [0.25, 0.3) is 0 Å². The average Bonchev–Trinajstić information content (AvgIpc) is 3.18.